The zero-order valence-corrected chi connectivity index (χ0v) is 13.3. The topological polar surface area (TPSA) is 69.7 Å². The van der Waals surface area contributed by atoms with Crippen LogP contribution >= 0.6 is 11.3 Å². The lowest BCUT2D eigenvalue weighted by atomic mass is 10.1. The quantitative estimate of drug-likeness (QED) is 0.804. The Labute approximate surface area is 133 Å². The molecule has 2 aliphatic heterocycles. The number of thiophene rings is 1. The maximum Gasteiger partial charge on any atom is 0.239 e. The van der Waals surface area contributed by atoms with Gasteiger partial charge in [-0.1, -0.05) is 0 Å². The third-order valence-corrected chi connectivity index (χ3v) is 5.28. The van der Waals surface area contributed by atoms with E-state index < -0.39 is 0 Å². The van der Waals surface area contributed by atoms with Gasteiger partial charge in [0.25, 0.3) is 0 Å². The van der Waals surface area contributed by atoms with Crippen LogP contribution in [0, 0.1) is 0 Å². The maximum atomic E-state index is 12.4. The number of hydrogen-bond donors (Lipinski definition) is 1. The van der Waals surface area contributed by atoms with Crippen molar-refractivity contribution in [2.24, 2.45) is 0 Å². The van der Waals surface area contributed by atoms with E-state index in [0.717, 1.165) is 18.7 Å². The number of nitrogens with zero attached hydrogens (tertiary/aromatic N) is 2. The highest BCUT2D eigenvalue weighted by atomic mass is 32.1. The second-order valence-corrected chi connectivity index (χ2v) is 6.65. The number of fused-ring (bicyclic) bond motifs is 1. The molecule has 1 unspecified atom stereocenters. The lowest BCUT2D eigenvalue weighted by Gasteiger charge is -2.43. The molecule has 22 heavy (non-hydrogen) atoms. The number of Topliss-reactive ketones (excluding diaryl/α,β-unsaturated/α-hetero) is 1. The first kappa shape index (κ1) is 15.2. The van der Waals surface area contributed by atoms with Gasteiger partial charge in [0.15, 0.2) is 5.78 Å². The Morgan fingerprint density at radius 3 is 2.91 bits per heavy atom. The molecule has 3 rings (SSSR count). The van der Waals surface area contributed by atoms with Crippen LogP contribution in [-0.2, 0) is 16.0 Å². The van der Waals surface area contributed by atoms with Crippen molar-refractivity contribution < 1.29 is 14.4 Å². The predicted octanol–water partition coefficient (Wildman–Crippen LogP) is 0.136. The minimum atomic E-state index is -0.221. The van der Waals surface area contributed by atoms with Crippen LogP contribution < -0.4 is 5.32 Å². The highest BCUT2D eigenvalue weighted by Gasteiger charge is 2.36. The summed E-state index contributed by atoms with van der Waals surface area (Å²) < 4.78 is 0. The molecule has 0 bridgehead atoms. The zero-order chi connectivity index (χ0) is 15.7. The molecule has 1 aromatic rings. The van der Waals surface area contributed by atoms with Crippen LogP contribution in [0.3, 0.4) is 0 Å². The summed E-state index contributed by atoms with van der Waals surface area (Å²) >= 11 is 1.37. The Morgan fingerprint density at radius 1 is 1.36 bits per heavy atom. The summed E-state index contributed by atoms with van der Waals surface area (Å²) in [5, 5.41) is 4.71. The Bertz CT molecular complexity index is 613. The fraction of sp³-hybridized carbons (Fsp3) is 0.533. The Hall–Kier alpha value is -1.73. The molecule has 0 spiro atoms. The van der Waals surface area contributed by atoms with E-state index in [1.165, 1.54) is 18.3 Å². The van der Waals surface area contributed by atoms with Crippen molar-refractivity contribution in [2.75, 3.05) is 32.7 Å². The first-order chi connectivity index (χ1) is 10.5. The summed E-state index contributed by atoms with van der Waals surface area (Å²) in [6.45, 7) is 4.92. The van der Waals surface area contributed by atoms with E-state index in [1.54, 1.807) is 11.0 Å². The highest BCUT2D eigenvalue weighted by Crippen LogP contribution is 2.18. The molecule has 2 aliphatic rings. The van der Waals surface area contributed by atoms with Crippen molar-refractivity contribution in [1.82, 2.24) is 15.1 Å². The maximum absolute atomic E-state index is 12.4. The Kier molecular flexibility index (Phi) is 4.26. The van der Waals surface area contributed by atoms with Gasteiger partial charge in [-0.2, -0.15) is 0 Å². The second-order valence-electron chi connectivity index (χ2n) is 5.73. The largest absolute Gasteiger partial charge is 0.353 e. The van der Waals surface area contributed by atoms with Gasteiger partial charge in [-0.3, -0.25) is 19.3 Å². The lowest BCUT2D eigenvalue weighted by molar-refractivity contribution is -0.139. The van der Waals surface area contributed by atoms with Gasteiger partial charge in [0, 0.05) is 32.7 Å². The molecule has 1 atom stereocenters. The minimum absolute atomic E-state index is 0.0122. The summed E-state index contributed by atoms with van der Waals surface area (Å²) in [5.74, 6) is 0.0558. The molecule has 0 aliphatic carbocycles. The zero-order valence-electron chi connectivity index (χ0n) is 12.5. The molecule has 0 radical (unpaired) electrons. The fourth-order valence-electron chi connectivity index (χ4n) is 2.94. The number of ketones is 1. The van der Waals surface area contributed by atoms with Crippen LogP contribution in [0.15, 0.2) is 11.4 Å². The molecule has 1 N–H and O–H groups in total. The molecular weight excluding hydrogens is 302 g/mol. The van der Waals surface area contributed by atoms with Gasteiger partial charge in [0.1, 0.15) is 6.04 Å². The molecule has 2 fully saturated rings. The van der Waals surface area contributed by atoms with Gasteiger partial charge in [0.05, 0.1) is 11.3 Å². The van der Waals surface area contributed by atoms with Gasteiger partial charge in [-0.15, -0.1) is 11.3 Å². The van der Waals surface area contributed by atoms with Gasteiger partial charge >= 0.3 is 0 Å². The normalized spacial score (nSPS) is 22.1. The molecule has 0 saturated carbocycles. The molecule has 2 saturated heterocycles. The summed E-state index contributed by atoms with van der Waals surface area (Å²) in [5.41, 5.74) is 0.871. The number of nitrogens with one attached hydrogen (secondary N) is 1. The van der Waals surface area contributed by atoms with Crippen LogP contribution in [0.2, 0.25) is 0 Å². The van der Waals surface area contributed by atoms with E-state index in [9.17, 15) is 14.4 Å². The van der Waals surface area contributed by atoms with E-state index in [2.05, 4.69) is 10.2 Å². The third kappa shape index (κ3) is 3.05. The highest BCUT2D eigenvalue weighted by molar-refractivity contribution is 7.12. The number of piperazine rings is 2. The number of hydrogen-bond acceptors (Lipinski definition) is 5. The standard InChI is InChI=1S/C15H19N3O3S/c1-10(19)13-6-11(9-22-13)7-14(20)18-5-4-17-3-2-16-15(21)12(17)8-18/h6,9,12H,2-5,7-8H2,1H3,(H,16,21). The predicted molar refractivity (Wildman–Crippen MR) is 83.0 cm³/mol. The summed E-state index contributed by atoms with van der Waals surface area (Å²) in [7, 11) is 0. The minimum Gasteiger partial charge on any atom is -0.353 e. The molecule has 1 aromatic heterocycles. The molecule has 0 aromatic carbocycles. The van der Waals surface area contributed by atoms with E-state index in [1.807, 2.05) is 5.38 Å². The Morgan fingerprint density at radius 2 is 2.18 bits per heavy atom. The van der Waals surface area contributed by atoms with Crippen LogP contribution in [-0.4, -0.2) is 66.2 Å². The van der Waals surface area contributed by atoms with E-state index in [4.69, 9.17) is 0 Å². The van der Waals surface area contributed by atoms with E-state index in [0.29, 0.717) is 24.5 Å². The smallest absolute Gasteiger partial charge is 0.239 e. The molecule has 7 heteroatoms. The average molecular weight is 321 g/mol. The molecular formula is C15H19N3O3S. The van der Waals surface area contributed by atoms with E-state index >= 15 is 0 Å². The number of rotatable bonds is 3. The van der Waals surface area contributed by atoms with Crippen LogP contribution in [0.25, 0.3) is 0 Å². The van der Waals surface area contributed by atoms with Crippen LogP contribution in [0.1, 0.15) is 22.2 Å². The van der Waals surface area contributed by atoms with Gasteiger partial charge < -0.3 is 10.2 Å². The van der Waals surface area contributed by atoms with Gasteiger partial charge in [0.2, 0.25) is 11.8 Å². The number of carbonyl (C=O) groups excluding carboxylic acids is 3. The molecule has 118 valence electrons. The van der Waals surface area contributed by atoms with Crippen molar-refractivity contribution in [3.05, 3.63) is 21.9 Å². The van der Waals surface area contributed by atoms with Crippen molar-refractivity contribution in [3.8, 4) is 0 Å². The van der Waals surface area contributed by atoms with Crippen molar-refractivity contribution in [3.63, 3.8) is 0 Å². The number of amides is 2. The Balaban J connectivity index is 1.62. The van der Waals surface area contributed by atoms with Crippen LogP contribution in [0.4, 0.5) is 0 Å². The monoisotopic (exact) mass is 321 g/mol. The van der Waals surface area contributed by atoms with Gasteiger partial charge in [-0.05, 0) is 23.9 Å². The third-order valence-electron chi connectivity index (χ3n) is 4.20. The average Bonchev–Trinajstić information content (AvgIpc) is 2.96. The summed E-state index contributed by atoms with van der Waals surface area (Å²) in [4.78, 5) is 40.2. The molecule has 6 nitrogen and oxygen atoms in total. The first-order valence-corrected chi connectivity index (χ1v) is 8.30. The number of carbonyl (C=O) groups is 3. The van der Waals surface area contributed by atoms with Crippen molar-refractivity contribution >= 4 is 28.9 Å². The molecule has 3 heterocycles. The second kappa shape index (κ2) is 6.18. The van der Waals surface area contributed by atoms with Crippen LogP contribution in [0.5, 0.6) is 0 Å². The molecule has 2 amide bonds. The summed E-state index contributed by atoms with van der Waals surface area (Å²) in [6.07, 6.45) is 0.290. The van der Waals surface area contributed by atoms with Gasteiger partial charge in [-0.25, -0.2) is 0 Å². The first-order valence-electron chi connectivity index (χ1n) is 7.42. The SMILES string of the molecule is CC(=O)c1cc(CC(=O)N2CCN3CCNC(=O)C3C2)cs1. The summed E-state index contributed by atoms with van der Waals surface area (Å²) in [6, 6.07) is 1.57. The van der Waals surface area contributed by atoms with Crippen molar-refractivity contribution in [2.45, 2.75) is 19.4 Å². The van der Waals surface area contributed by atoms with Crippen molar-refractivity contribution in [1.29, 1.82) is 0 Å². The van der Waals surface area contributed by atoms with E-state index in [-0.39, 0.29) is 30.1 Å². The fourth-order valence-corrected chi connectivity index (χ4v) is 3.76. The lowest BCUT2D eigenvalue weighted by Crippen LogP contribution is -2.64.